The van der Waals surface area contributed by atoms with E-state index in [1.54, 1.807) is 0 Å². The van der Waals surface area contributed by atoms with Crippen LogP contribution in [0, 0.1) is 23.7 Å². The van der Waals surface area contributed by atoms with Crippen LogP contribution in [0.2, 0.25) is 0 Å². The maximum Gasteiger partial charge on any atom is 0.472 e. The molecule has 5 unspecified atom stereocenters. The van der Waals surface area contributed by atoms with E-state index in [1.807, 2.05) is 0 Å². The lowest BCUT2D eigenvalue weighted by molar-refractivity contribution is -0.161. The average Bonchev–Trinajstić information content (AvgIpc) is 0.922. The van der Waals surface area contributed by atoms with E-state index in [9.17, 15) is 43.2 Å². The van der Waals surface area contributed by atoms with Gasteiger partial charge in [0.1, 0.15) is 19.3 Å². The molecule has 0 aromatic rings. The second-order valence-electron chi connectivity index (χ2n) is 32.7. The first kappa shape index (κ1) is 104. The quantitative estimate of drug-likeness (QED) is 0.0222. The lowest BCUT2D eigenvalue weighted by Crippen LogP contribution is -2.30. The molecule has 0 spiro atoms. The minimum absolute atomic E-state index is 0.106. The van der Waals surface area contributed by atoms with Gasteiger partial charge in [0.25, 0.3) is 0 Å². The number of carbonyl (C=O) groups is 4. The number of ether oxygens (including phenoxy) is 4. The van der Waals surface area contributed by atoms with Gasteiger partial charge in [0.15, 0.2) is 12.2 Å². The third-order valence-electron chi connectivity index (χ3n) is 21.0. The fraction of sp³-hybridized carbons (Fsp3) is 0.954. The van der Waals surface area contributed by atoms with Gasteiger partial charge in [-0.1, -0.05) is 402 Å². The van der Waals surface area contributed by atoms with Crippen molar-refractivity contribution in [2.45, 2.75) is 472 Å². The lowest BCUT2D eigenvalue weighted by atomic mass is 9.99. The Balaban J connectivity index is 5.23. The van der Waals surface area contributed by atoms with E-state index in [0.717, 1.165) is 114 Å². The van der Waals surface area contributed by atoms with E-state index in [-0.39, 0.29) is 25.7 Å². The van der Waals surface area contributed by atoms with Crippen molar-refractivity contribution in [3.8, 4) is 0 Å². The molecule has 0 fully saturated rings. The second-order valence-corrected chi connectivity index (χ2v) is 35.6. The molecule has 0 amide bonds. The van der Waals surface area contributed by atoms with Gasteiger partial charge in [-0.25, -0.2) is 9.13 Å². The first-order chi connectivity index (χ1) is 51.2. The number of rotatable bonds is 84. The Morgan fingerprint density at radius 1 is 0.264 bits per heavy atom. The monoisotopic (exact) mass is 1550 g/mol. The summed E-state index contributed by atoms with van der Waals surface area (Å²) in [5.74, 6) is 1.11. The second kappa shape index (κ2) is 75.7. The van der Waals surface area contributed by atoms with E-state index in [0.29, 0.717) is 31.6 Å². The minimum Gasteiger partial charge on any atom is -0.462 e. The topological polar surface area (TPSA) is 237 Å². The fourth-order valence-corrected chi connectivity index (χ4v) is 15.0. The van der Waals surface area contributed by atoms with Crippen molar-refractivity contribution in [1.29, 1.82) is 0 Å². The van der Waals surface area contributed by atoms with Crippen molar-refractivity contribution >= 4 is 39.5 Å². The zero-order chi connectivity index (χ0) is 78.1. The smallest absolute Gasteiger partial charge is 0.462 e. The number of unbranched alkanes of at least 4 members (excludes halogenated alkanes) is 48. The van der Waals surface area contributed by atoms with Gasteiger partial charge in [0.2, 0.25) is 0 Å². The molecule has 0 aromatic heterocycles. The number of esters is 4. The van der Waals surface area contributed by atoms with Crippen LogP contribution in [0.1, 0.15) is 453 Å². The first-order valence-electron chi connectivity index (χ1n) is 44.8. The third-order valence-corrected chi connectivity index (χ3v) is 22.9. The first-order valence-corrected chi connectivity index (χ1v) is 47.8. The molecule has 3 N–H and O–H groups in total. The highest BCUT2D eigenvalue weighted by Crippen LogP contribution is 2.45. The Hall–Kier alpha value is -1.94. The number of phosphoric ester groups is 2. The van der Waals surface area contributed by atoms with E-state index in [4.69, 9.17) is 37.0 Å². The van der Waals surface area contributed by atoms with Gasteiger partial charge in [-0.3, -0.25) is 37.3 Å². The number of aliphatic hydroxyl groups is 1. The molecule has 106 heavy (non-hydrogen) atoms. The van der Waals surface area contributed by atoms with Crippen molar-refractivity contribution in [2.75, 3.05) is 39.6 Å². The summed E-state index contributed by atoms with van der Waals surface area (Å²) in [5.41, 5.74) is 0. The maximum absolute atomic E-state index is 13.2. The zero-order valence-corrected chi connectivity index (χ0v) is 71.9. The van der Waals surface area contributed by atoms with Gasteiger partial charge in [0.05, 0.1) is 26.4 Å². The molecule has 0 heterocycles. The van der Waals surface area contributed by atoms with Crippen molar-refractivity contribution in [1.82, 2.24) is 0 Å². The highest BCUT2D eigenvalue weighted by atomic mass is 31.2. The molecule has 0 saturated heterocycles. The van der Waals surface area contributed by atoms with Gasteiger partial charge < -0.3 is 33.8 Å². The highest BCUT2D eigenvalue weighted by Gasteiger charge is 2.31. The van der Waals surface area contributed by atoms with Crippen molar-refractivity contribution in [3.63, 3.8) is 0 Å². The Morgan fingerprint density at radius 3 is 0.670 bits per heavy atom. The van der Waals surface area contributed by atoms with Crippen LogP contribution in [-0.4, -0.2) is 96.7 Å². The predicted molar refractivity (Wildman–Crippen MR) is 437 cm³/mol. The summed E-state index contributed by atoms with van der Waals surface area (Å²) < 4.78 is 68.9. The predicted octanol–water partition coefficient (Wildman–Crippen LogP) is 26.3. The summed E-state index contributed by atoms with van der Waals surface area (Å²) in [7, 11) is -9.93. The van der Waals surface area contributed by atoms with Crippen LogP contribution in [-0.2, 0) is 65.4 Å². The van der Waals surface area contributed by atoms with E-state index >= 15 is 0 Å². The molecule has 19 heteroatoms. The molecule has 0 saturated carbocycles. The summed E-state index contributed by atoms with van der Waals surface area (Å²) in [6, 6.07) is 0. The van der Waals surface area contributed by atoms with Crippen LogP contribution < -0.4 is 0 Å². The van der Waals surface area contributed by atoms with Crippen LogP contribution in [0.4, 0.5) is 0 Å². The van der Waals surface area contributed by atoms with Crippen molar-refractivity contribution < 1.29 is 80.2 Å². The Morgan fingerprint density at radius 2 is 0.453 bits per heavy atom. The molecule has 7 atom stereocenters. The van der Waals surface area contributed by atoms with Crippen LogP contribution in [0.15, 0.2) is 0 Å². The molecule has 0 rings (SSSR count). The third kappa shape index (κ3) is 77.4. The maximum atomic E-state index is 13.2. The van der Waals surface area contributed by atoms with Gasteiger partial charge in [-0.05, 0) is 49.4 Å². The number of aliphatic hydroxyl groups excluding tert-OH is 1. The van der Waals surface area contributed by atoms with Gasteiger partial charge in [-0.15, -0.1) is 0 Å². The Kier molecular flexibility index (Phi) is 74.3. The number of hydrogen-bond acceptors (Lipinski definition) is 15. The number of hydrogen-bond donors (Lipinski definition) is 3. The summed E-state index contributed by atoms with van der Waals surface area (Å²) in [4.78, 5) is 73.2. The molecular weight excluding hydrogens is 1380 g/mol. The van der Waals surface area contributed by atoms with Crippen LogP contribution >= 0.6 is 15.6 Å². The molecule has 0 aliphatic rings. The molecular formula is C87H170O17P2. The van der Waals surface area contributed by atoms with E-state index in [2.05, 4.69) is 55.4 Å². The molecule has 630 valence electrons. The molecule has 0 bridgehead atoms. The molecule has 0 aliphatic heterocycles. The lowest BCUT2D eigenvalue weighted by Gasteiger charge is -2.21. The summed E-state index contributed by atoms with van der Waals surface area (Å²) >= 11 is 0. The Bertz CT molecular complexity index is 2060. The average molecular weight is 1550 g/mol. The highest BCUT2D eigenvalue weighted by molar-refractivity contribution is 7.47. The van der Waals surface area contributed by atoms with Crippen molar-refractivity contribution in [2.24, 2.45) is 23.7 Å². The van der Waals surface area contributed by atoms with Crippen LogP contribution in [0.25, 0.3) is 0 Å². The summed E-state index contributed by atoms with van der Waals surface area (Å²) in [6.45, 7) is 14.4. The Labute approximate surface area is 651 Å². The van der Waals surface area contributed by atoms with Crippen LogP contribution in [0.3, 0.4) is 0 Å². The van der Waals surface area contributed by atoms with E-state index in [1.165, 1.54) is 250 Å². The zero-order valence-electron chi connectivity index (χ0n) is 70.1. The van der Waals surface area contributed by atoms with Gasteiger partial charge in [0, 0.05) is 25.7 Å². The van der Waals surface area contributed by atoms with Gasteiger partial charge in [-0.2, -0.15) is 0 Å². The van der Waals surface area contributed by atoms with E-state index < -0.39 is 97.5 Å². The normalized spacial score (nSPS) is 14.4. The molecule has 0 aliphatic carbocycles. The number of phosphoric acid groups is 2. The van der Waals surface area contributed by atoms with Crippen molar-refractivity contribution in [3.05, 3.63) is 0 Å². The van der Waals surface area contributed by atoms with Crippen LogP contribution in [0.5, 0.6) is 0 Å². The SMILES string of the molecule is CCC(C)CCCCCCCCCCCCCCCCCCCCC(=O)O[C@H](COC(=O)CCCCCCCCCCCCCCCCC(C)CC)COP(=O)(O)OCC(O)COP(=O)(O)OC[C@@H](COC(=O)CCCCCCCCCC(C)C)OC(=O)CCCCCCCCCCCCCCCC(C)C. The minimum atomic E-state index is -4.97. The van der Waals surface area contributed by atoms with Gasteiger partial charge >= 0.3 is 39.5 Å². The molecule has 0 radical (unpaired) electrons. The summed E-state index contributed by atoms with van der Waals surface area (Å²) in [5, 5.41) is 10.7. The standard InChI is InChI=1S/C87H170O17P2/c1-9-79(7)65-57-49-41-33-27-21-15-13-11-12-14-16-24-30-36-44-53-61-69-86(91)103-82(73-97-84(89)67-59-51-43-35-29-23-18-17-22-28-34-42-50-58-66-80(8)10-2)75-101-105(93,94)99-71-81(88)72-100-106(95,96)102-76-83(74-98-85(90)68-60-52-46-38-40-48-56-64-78(5)6)104-87(92)70-62-54-45-37-31-25-19-20-26-32-39-47-55-63-77(3)4/h77-83,88H,9-76H2,1-8H3,(H,93,94)(H,95,96)/t79?,80?,81?,82-,83-/m1/s1. The fourth-order valence-electron chi connectivity index (χ4n) is 13.4. The molecule has 0 aromatic carbocycles. The summed E-state index contributed by atoms with van der Waals surface area (Å²) in [6.07, 6.45) is 65.3. The number of carbonyl (C=O) groups excluding carboxylic acids is 4. The largest absolute Gasteiger partial charge is 0.472 e. The molecule has 17 nitrogen and oxygen atoms in total.